The number of benzene rings is 1. The zero-order chi connectivity index (χ0) is 17.6. The van der Waals surface area contributed by atoms with Gasteiger partial charge in [-0.3, -0.25) is 4.90 Å². The van der Waals surface area contributed by atoms with Crippen molar-refractivity contribution in [3.63, 3.8) is 0 Å². The van der Waals surface area contributed by atoms with Gasteiger partial charge in [0.15, 0.2) is 11.0 Å². The number of hydrogen-bond donors (Lipinski definition) is 0. The monoisotopic (exact) mass is 426 g/mol. The molecule has 0 radical (unpaired) electrons. The molecule has 5 nitrogen and oxygen atoms in total. The average molecular weight is 427 g/mol. The molecular formula is C17H20BrFN4OS. The minimum absolute atomic E-state index is 0.256. The minimum Gasteiger partial charge on any atom is -0.379 e. The maximum atomic E-state index is 13.2. The Hall–Kier alpha value is -1.22. The van der Waals surface area contributed by atoms with Gasteiger partial charge in [-0.1, -0.05) is 34.3 Å². The van der Waals surface area contributed by atoms with Gasteiger partial charge in [-0.05, 0) is 28.7 Å². The lowest BCUT2D eigenvalue weighted by atomic mass is 10.2. The number of halogens is 2. The molecule has 3 rings (SSSR count). The maximum Gasteiger partial charge on any atom is 0.191 e. The summed E-state index contributed by atoms with van der Waals surface area (Å²) in [5.74, 6) is 1.23. The summed E-state index contributed by atoms with van der Waals surface area (Å²) in [4.78, 5) is 2.37. The Morgan fingerprint density at radius 1 is 1.20 bits per heavy atom. The fourth-order valence-corrected chi connectivity index (χ4v) is 3.68. The van der Waals surface area contributed by atoms with Crippen molar-refractivity contribution < 1.29 is 9.13 Å². The normalized spacial score (nSPS) is 15.4. The van der Waals surface area contributed by atoms with E-state index in [9.17, 15) is 4.39 Å². The van der Waals surface area contributed by atoms with E-state index in [1.54, 1.807) is 23.9 Å². The molecular weight excluding hydrogens is 407 g/mol. The van der Waals surface area contributed by atoms with Gasteiger partial charge in [-0.15, -0.1) is 10.2 Å². The van der Waals surface area contributed by atoms with Crippen molar-refractivity contribution in [1.82, 2.24) is 19.7 Å². The summed E-state index contributed by atoms with van der Waals surface area (Å²) in [6, 6.07) is 6.37. The van der Waals surface area contributed by atoms with Crippen molar-refractivity contribution in [2.75, 3.05) is 38.6 Å². The lowest BCUT2D eigenvalue weighted by Gasteiger charge is -2.27. The van der Waals surface area contributed by atoms with Gasteiger partial charge in [0.25, 0.3) is 0 Å². The number of morpholine rings is 1. The van der Waals surface area contributed by atoms with Crippen LogP contribution >= 0.6 is 27.7 Å². The predicted octanol–water partition coefficient (Wildman–Crippen LogP) is 3.42. The van der Waals surface area contributed by atoms with Crippen molar-refractivity contribution in [3.05, 3.63) is 41.1 Å². The molecule has 2 heterocycles. The topological polar surface area (TPSA) is 43.2 Å². The van der Waals surface area contributed by atoms with Gasteiger partial charge in [0.05, 0.1) is 13.2 Å². The van der Waals surface area contributed by atoms with Gasteiger partial charge in [0, 0.05) is 37.5 Å². The first-order chi connectivity index (χ1) is 12.1. The SMILES string of the molecule is C=C(Br)CSc1nnc(-c2ccc(F)cc2)n1CCN1CCOCC1. The van der Waals surface area contributed by atoms with E-state index < -0.39 is 0 Å². The molecule has 1 saturated heterocycles. The lowest BCUT2D eigenvalue weighted by molar-refractivity contribution is 0.0361. The second-order valence-corrected chi connectivity index (χ2v) is 7.79. The predicted molar refractivity (Wildman–Crippen MR) is 101 cm³/mol. The molecule has 0 amide bonds. The van der Waals surface area contributed by atoms with Crippen LogP contribution in [0.25, 0.3) is 11.4 Å². The molecule has 0 aliphatic carbocycles. The highest BCUT2D eigenvalue weighted by Crippen LogP contribution is 2.26. The van der Waals surface area contributed by atoms with Gasteiger partial charge in [-0.2, -0.15) is 0 Å². The molecule has 134 valence electrons. The molecule has 1 aliphatic heterocycles. The van der Waals surface area contributed by atoms with E-state index in [2.05, 4.69) is 42.2 Å². The minimum atomic E-state index is -0.256. The summed E-state index contributed by atoms with van der Waals surface area (Å²) in [7, 11) is 0. The van der Waals surface area contributed by atoms with Crippen molar-refractivity contribution >= 4 is 27.7 Å². The second kappa shape index (κ2) is 8.93. The molecule has 0 bridgehead atoms. The molecule has 1 fully saturated rings. The molecule has 0 spiro atoms. The molecule has 0 saturated carbocycles. The van der Waals surface area contributed by atoms with E-state index in [0.717, 1.165) is 66.2 Å². The van der Waals surface area contributed by atoms with E-state index in [1.807, 2.05) is 0 Å². The van der Waals surface area contributed by atoms with Crippen LogP contribution in [0.4, 0.5) is 4.39 Å². The largest absolute Gasteiger partial charge is 0.379 e. The van der Waals surface area contributed by atoms with Crippen LogP contribution in [0.5, 0.6) is 0 Å². The van der Waals surface area contributed by atoms with Crippen LogP contribution in [-0.4, -0.2) is 58.3 Å². The summed E-state index contributed by atoms with van der Waals surface area (Å²) >= 11 is 4.97. The van der Waals surface area contributed by atoms with E-state index >= 15 is 0 Å². The number of thioether (sulfide) groups is 1. The standard InChI is InChI=1S/C17H20BrFN4OS/c1-13(18)12-25-17-21-20-16(14-2-4-15(19)5-3-14)23(17)7-6-22-8-10-24-11-9-22/h2-5H,1,6-12H2. The van der Waals surface area contributed by atoms with Crippen LogP contribution in [0.15, 0.2) is 40.5 Å². The zero-order valence-electron chi connectivity index (χ0n) is 13.8. The van der Waals surface area contributed by atoms with Crippen molar-refractivity contribution in [2.24, 2.45) is 0 Å². The van der Waals surface area contributed by atoms with Gasteiger partial charge in [-0.25, -0.2) is 4.39 Å². The fraction of sp³-hybridized carbons (Fsp3) is 0.412. The number of rotatable bonds is 7. The van der Waals surface area contributed by atoms with Gasteiger partial charge < -0.3 is 9.30 Å². The number of nitrogens with zero attached hydrogens (tertiary/aromatic N) is 4. The first-order valence-corrected chi connectivity index (χ1v) is 9.86. The van der Waals surface area contributed by atoms with Crippen LogP contribution in [0.3, 0.4) is 0 Å². The highest BCUT2D eigenvalue weighted by atomic mass is 79.9. The maximum absolute atomic E-state index is 13.2. The van der Waals surface area contributed by atoms with E-state index in [0.29, 0.717) is 0 Å². The highest BCUT2D eigenvalue weighted by molar-refractivity contribution is 9.11. The Balaban J connectivity index is 1.80. The fourth-order valence-electron chi connectivity index (χ4n) is 2.62. The second-order valence-electron chi connectivity index (χ2n) is 5.72. The lowest BCUT2D eigenvalue weighted by Crippen LogP contribution is -2.38. The van der Waals surface area contributed by atoms with E-state index in [4.69, 9.17) is 4.74 Å². The third kappa shape index (κ3) is 5.13. The Labute approximate surface area is 159 Å². The van der Waals surface area contributed by atoms with Gasteiger partial charge in [0.1, 0.15) is 5.82 Å². The summed E-state index contributed by atoms with van der Waals surface area (Å²) in [5, 5.41) is 9.51. The van der Waals surface area contributed by atoms with Crippen LogP contribution in [0.1, 0.15) is 0 Å². The summed E-state index contributed by atoms with van der Waals surface area (Å²) < 4.78 is 21.6. The Bertz CT molecular complexity index is 716. The summed E-state index contributed by atoms with van der Waals surface area (Å²) in [5.41, 5.74) is 0.861. The molecule has 1 aliphatic rings. The first kappa shape index (κ1) is 18.6. The average Bonchev–Trinajstić information content (AvgIpc) is 3.02. The molecule has 8 heteroatoms. The van der Waals surface area contributed by atoms with Crippen molar-refractivity contribution in [3.8, 4) is 11.4 Å². The smallest absolute Gasteiger partial charge is 0.191 e. The Kier molecular flexibility index (Phi) is 6.63. The number of hydrogen-bond acceptors (Lipinski definition) is 5. The number of aromatic nitrogens is 3. The summed E-state index contributed by atoms with van der Waals surface area (Å²) in [6.07, 6.45) is 0. The zero-order valence-corrected chi connectivity index (χ0v) is 16.2. The molecule has 2 aromatic rings. The van der Waals surface area contributed by atoms with E-state index in [-0.39, 0.29) is 5.82 Å². The van der Waals surface area contributed by atoms with Crippen LogP contribution in [-0.2, 0) is 11.3 Å². The summed E-state index contributed by atoms with van der Waals surface area (Å²) in [6.45, 7) is 8.97. The molecule has 0 atom stereocenters. The van der Waals surface area contributed by atoms with E-state index in [1.165, 1.54) is 12.1 Å². The van der Waals surface area contributed by atoms with Gasteiger partial charge >= 0.3 is 0 Å². The third-order valence-electron chi connectivity index (χ3n) is 3.92. The Morgan fingerprint density at radius 2 is 1.92 bits per heavy atom. The van der Waals surface area contributed by atoms with Crippen LogP contribution in [0, 0.1) is 5.82 Å². The van der Waals surface area contributed by atoms with Crippen LogP contribution in [0.2, 0.25) is 0 Å². The molecule has 1 aromatic heterocycles. The molecule has 1 aromatic carbocycles. The molecule has 0 N–H and O–H groups in total. The quantitative estimate of drug-likeness (QED) is 0.634. The first-order valence-electron chi connectivity index (χ1n) is 8.09. The van der Waals surface area contributed by atoms with Gasteiger partial charge in [0.2, 0.25) is 0 Å². The Morgan fingerprint density at radius 3 is 2.60 bits per heavy atom. The number of ether oxygens (including phenoxy) is 1. The molecule has 25 heavy (non-hydrogen) atoms. The molecule has 0 unspecified atom stereocenters. The highest BCUT2D eigenvalue weighted by Gasteiger charge is 2.17. The van der Waals surface area contributed by atoms with Crippen molar-refractivity contribution in [2.45, 2.75) is 11.7 Å². The van der Waals surface area contributed by atoms with Crippen LogP contribution < -0.4 is 0 Å². The third-order valence-corrected chi connectivity index (χ3v) is 5.63. The van der Waals surface area contributed by atoms with Crippen molar-refractivity contribution in [1.29, 1.82) is 0 Å².